The molecule has 0 radical (unpaired) electrons. The van der Waals surface area contributed by atoms with E-state index in [2.05, 4.69) is 12.2 Å². The van der Waals surface area contributed by atoms with Gasteiger partial charge in [0.2, 0.25) is 5.91 Å². The molecule has 0 fully saturated rings. The van der Waals surface area contributed by atoms with Gasteiger partial charge in [0.25, 0.3) is 0 Å². The molecule has 0 heterocycles. The summed E-state index contributed by atoms with van der Waals surface area (Å²) < 4.78 is 5.49. The minimum atomic E-state index is -0.0253. The molecule has 118 valence electrons. The minimum Gasteiger partial charge on any atom is -0.399 e. The van der Waals surface area contributed by atoms with Crippen LogP contribution < -0.4 is 11.1 Å². The van der Waals surface area contributed by atoms with Crippen LogP contribution in [-0.2, 0) is 9.53 Å². The van der Waals surface area contributed by atoms with E-state index in [-0.39, 0.29) is 5.91 Å². The van der Waals surface area contributed by atoms with Crippen molar-refractivity contribution in [2.45, 2.75) is 51.9 Å². The van der Waals surface area contributed by atoms with Crippen LogP contribution in [0.3, 0.4) is 0 Å². The Kier molecular flexibility index (Phi) is 9.29. The molecule has 1 aromatic rings. The fraction of sp³-hybridized carbons (Fsp3) is 0.588. The molecule has 0 bridgehead atoms. The van der Waals surface area contributed by atoms with Crippen LogP contribution in [0.5, 0.6) is 0 Å². The first-order valence-corrected chi connectivity index (χ1v) is 7.95. The normalized spacial score (nSPS) is 10.5. The summed E-state index contributed by atoms with van der Waals surface area (Å²) in [5.41, 5.74) is 7.05. The third kappa shape index (κ3) is 9.08. The van der Waals surface area contributed by atoms with Crippen molar-refractivity contribution >= 4 is 17.3 Å². The molecule has 0 atom stereocenters. The molecule has 4 heteroatoms. The van der Waals surface area contributed by atoms with E-state index in [1.165, 1.54) is 32.1 Å². The largest absolute Gasteiger partial charge is 0.399 e. The quantitative estimate of drug-likeness (QED) is 0.479. The fourth-order valence-corrected chi connectivity index (χ4v) is 2.04. The number of amides is 1. The second-order valence-electron chi connectivity index (χ2n) is 5.30. The van der Waals surface area contributed by atoms with E-state index < -0.39 is 0 Å². The standard InChI is InChI=1S/C17H28N2O2/c1-2-3-4-5-6-7-13-21-14-12-17(20)19-16-10-8-15(18)9-11-16/h8-11H,2-7,12-14,18H2,1H3,(H,19,20). The third-order valence-corrected chi connectivity index (χ3v) is 3.31. The number of nitrogens with one attached hydrogen (secondary N) is 1. The molecule has 0 aliphatic heterocycles. The molecule has 4 nitrogen and oxygen atoms in total. The van der Waals surface area contributed by atoms with Crippen LogP contribution in [0.25, 0.3) is 0 Å². The Hall–Kier alpha value is -1.55. The summed E-state index contributed by atoms with van der Waals surface area (Å²) in [5, 5.41) is 2.82. The molecule has 1 rings (SSSR count). The minimum absolute atomic E-state index is 0.0253. The van der Waals surface area contributed by atoms with Crippen molar-refractivity contribution in [2.24, 2.45) is 0 Å². The molecular weight excluding hydrogens is 264 g/mol. The van der Waals surface area contributed by atoms with Crippen LogP contribution >= 0.6 is 0 Å². The number of carbonyl (C=O) groups excluding carboxylic acids is 1. The van der Waals surface area contributed by atoms with Gasteiger partial charge in [-0.2, -0.15) is 0 Å². The number of nitrogens with two attached hydrogens (primary N) is 1. The first-order chi connectivity index (χ1) is 10.2. The topological polar surface area (TPSA) is 64.3 Å². The van der Waals surface area contributed by atoms with Gasteiger partial charge < -0.3 is 15.8 Å². The monoisotopic (exact) mass is 292 g/mol. The van der Waals surface area contributed by atoms with Gasteiger partial charge in [-0.1, -0.05) is 39.0 Å². The zero-order valence-corrected chi connectivity index (χ0v) is 13.1. The summed E-state index contributed by atoms with van der Waals surface area (Å²) in [6, 6.07) is 7.13. The summed E-state index contributed by atoms with van der Waals surface area (Å²) in [5.74, 6) is -0.0253. The smallest absolute Gasteiger partial charge is 0.226 e. The van der Waals surface area contributed by atoms with E-state index in [4.69, 9.17) is 10.5 Å². The maximum Gasteiger partial charge on any atom is 0.226 e. The first kappa shape index (κ1) is 17.5. The summed E-state index contributed by atoms with van der Waals surface area (Å²) in [4.78, 5) is 11.7. The molecule has 0 saturated heterocycles. The Bertz CT molecular complexity index is 390. The van der Waals surface area contributed by atoms with Crippen molar-refractivity contribution in [1.29, 1.82) is 0 Å². The van der Waals surface area contributed by atoms with E-state index in [1.807, 2.05) is 0 Å². The van der Waals surface area contributed by atoms with E-state index in [0.717, 1.165) is 18.7 Å². The molecule has 3 N–H and O–H groups in total. The molecule has 0 saturated carbocycles. The van der Waals surface area contributed by atoms with Gasteiger partial charge in [-0.15, -0.1) is 0 Å². The fourth-order valence-electron chi connectivity index (χ4n) is 2.04. The Morgan fingerprint density at radius 2 is 1.71 bits per heavy atom. The summed E-state index contributed by atoms with van der Waals surface area (Å²) in [6.45, 7) is 3.45. The number of benzene rings is 1. The molecule has 0 spiro atoms. The molecule has 0 unspecified atom stereocenters. The van der Waals surface area contributed by atoms with Crippen molar-refractivity contribution in [2.75, 3.05) is 24.3 Å². The van der Waals surface area contributed by atoms with E-state index in [0.29, 0.717) is 18.7 Å². The van der Waals surface area contributed by atoms with Crippen molar-refractivity contribution in [1.82, 2.24) is 0 Å². The highest BCUT2D eigenvalue weighted by Gasteiger charge is 2.02. The summed E-state index contributed by atoms with van der Waals surface area (Å²) in [6.07, 6.45) is 7.91. The maximum atomic E-state index is 11.7. The lowest BCUT2D eigenvalue weighted by Crippen LogP contribution is -2.14. The van der Waals surface area contributed by atoms with E-state index in [1.54, 1.807) is 24.3 Å². The van der Waals surface area contributed by atoms with Crippen LogP contribution in [0.1, 0.15) is 51.9 Å². The Morgan fingerprint density at radius 3 is 2.43 bits per heavy atom. The lowest BCUT2D eigenvalue weighted by Gasteiger charge is -2.06. The van der Waals surface area contributed by atoms with Gasteiger partial charge in [0.1, 0.15) is 0 Å². The average molecular weight is 292 g/mol. The van der Waals surface area contributed by atoms with Crippen molar-refractivity contribution < 1.29 is 9.53 Å². The summed E-state index contributed by atoms with van der Waals surface area (Å²) >= 11 is 0. The molecule has 21 heavy (non-hydrogen) atoms. The molecule has 0 aliphatic rings. The summed E-state index contributed by atoms with van der Waals surface area (Å²) in [7, 11) is 0. The van der Waals surface area contributed by atoms with Gasteiger partial charge in [0, 0.05) is 18.0 Å². The Labute approximate surface area is 128 Å². The number of hydrogen-bond acceptors (Lipinski definition) is 3. The zero-order chi connectivity index (χ0) is 15.3. The molecular formula is C17H28N2O2. The van der Waals surface area contributed by atoms with Crippen LogP contribution in [0.4, 0.5) is 11.4 Å². The lowest BCUT2D eigenvalue weighted by molar-refractivity contribution is -0.117. The Balaban J connectivity index is 1.97. The van der Waals surface area contributed by atoms with E-state index >= 15 is 0 Å². The van der Waals surface area contributed by atoms with Crippen molar-refractivity contribution in [3.8, 4) is 0 Å². The lowest BCUT2D eigenvalue weighted by atomic mass is 10.1. The number of ether oxygens (including phenoxy) is 1. The molecule has 0 aromatic heterocycles. The van der Waals surface area contributed by atoms with Crippen molar-refractivity contribution in [3.63, 3.8) is 0 Å². The first-order valence-electron chi connectivity index (χ1n) is 7.95. The predicted octanol–water partition coefficient (Wildman–Crippen LogP) is 3.97. The average Bonchev–Trinajstić information content (AvgIpc) is 2.48. The maximum absolute atomic E-state index is 11.7. The highest BCUT2D eigenvalue weighted by molar-refractivity contribution is 5.90. The zero-order valence-electron chi connectivity index (χ0n) is 13.1. The van der Waals surface area contributed by atoms with E-state index in [9.17, 15) is 4.79 Å². The van der Waals surface area contributed by atoms with Crippen LogP contribution in [0.2, 0.25) is 0 Å². The van der Waals surface area contributed by atoms with Crippen LogP contribution in [-0.4, -0.2) is 19.1 Å². The van der Waals surface area contributed by atoms with Gasteiger partial charge in [0.05, 0.1) is 13.0 Å². The third-order valence-electron chi connectivity index (χ3n) is 3.31. The van der Waals surface area contributed by atoms with Gasteiger partial charge in [-0.3, -0.25) is 4.79 Å². The molecule has 1 amide bonds. The number of hydrogen-bond donors (Lipinski definition) is 2. The van der Waals surface area contributed by atoms with Gasteiger partial charge >= 0.3 is 0 Å². The highest BCUT2D eigenvalue weighted by atomic mass is 16.5. The second-order valence-corrected chi connectivity index (χ2v) is 5.30. The van der Waals surface area contributed by atoms with Crippen LogP contribution in [0.15, 0.2) is 24.3 Å². The van der Waals surface area contributed by atoms with Gasteiger partial charge in [-0.25, -0.2) is 0 Å². The van der Waals surface area contributed by atoms with Crippen LogP contribution in [0, 0.1) is 0 Å². The number of carbonyl (C=O) groups is 1. The number of unbranched alkanes of at least 4 members (excludes halogenated alkanes) is 5. The number of rotatable bonds is 11. The highest BCUT2D eigenvalue weighted by Crippen LogP contribution is 2.10. The Morgan fingerprint density at radius 1 is 1.05 bits per heavy atom. The predicted molar refractivity (Wildman–Crippen MR) is 88.3 cm³/mol. The van der Waals surface area contributed by atoms with Crippen molar-refractivity contribution in [3.05, 3.63) is 24.3 Å². The number of nitrogen functional groups attached to an aromatic ring is 1. The molecule has 0 aliphatic carbocycles. The molecule has 1 aromatic carbocycles. The second kappa shape index (κ2) is 11.1. The van der Waals surface area contributed by atoms with Gasteiger partial charge in [0.15, 0.2) is 0 Å². The SMILES string of the molecule is CCCCCCCCOCCC(=O)Nc1ccc(N)cc1. The number of anilines is 2. The van der Waals surface area contributed by atoms with Gasteiger partial charge in [-0.05, 0) is 30.7 Å².